The fourth-order valence-corrected chi connectivity index (χ4v) is 5.17. The van der Waals surface area contributed by atoms with Gasteiger partial charge in [0, 0.05) is 4.88 Å². The molecule has 0 aliphatic carbocycles. The maximum Gasteiger partial charge on any atom is 0.341 e. The van der Waals surface area contributed by atoms with Gasteiger partial charge in [0.05, 0.1) is 17.1 Å². The molecule has 3 rings (SSSR count). The molecule has 1 aromatic heterocycles. The van der Waals surface area contributed by atoms with Gasteiger partial charge >= 0.3 is 5.97 Å². The lowest BCUT2D eigenvalue weighted by Crippen LogP contribution is -2.23. The largest absolute Gasteiger partial charge is 0.462 e. The van der Waals surface area contributed by atoms with E-state index in [1.807, 2.05) is 31.2 Å². The molecule has 152 valence electrons. The number of carbonyl (C=O) groups is 2. The number of nitrogens with one attached hydrogen (secondary N) is 1. The van der Waals surface area contributed by atoms with Crippen LogP contribution in [0.25, 0.3) is 10.8 Å². The lowest BCUT2D eigenvalue weighted by atomic mass is 10.1. The molecule has 0 aliphatic heterocycles. The Bertz CT molecular complexity index is 1200. The van der Waals surface area contributed by atoms with Crippen molar-refractivity contribution in [1.82, 2.24) is 0 Å². The molecular weight excluding hydrogens is 410 g/mol. The maximum atomic E-state index is 12.7. The number of carbonyl (C=O) groups excluding carboxylic acids is 2. The first-order valence-corrected chi connectivity index (χ1v) is 11.5. The van der Waals surface area contributed by atoms with Crippen LogP contribution >= 0.6 is 11.3 Å². The fourth-order valence-electron chi connectivity index (χ4n) is 2.94. The second kappa shape index (κ2) is 8.34. The molecule has 1 amide bonds. The monoisotopic (exact) mass is 431 g/mol. The van der Waals surface area contributed by atoms with Gasteiger partial charge in [0.1, 0.15) is 10.8 Å². The number of rotatable bonds is 6. The highest BCUT2D eigenvalue weighted by Crippen LogP contribution is 2.33. The average molecular weight is 432 g/mol. The normalized spacial score (nSPS) is 11.4. The molecule has 0 radical (unpaired) electrons. The third kappa shape index (κ3) is 4.49. The molecule has 1 heterocycles. The van der Waals surface area contributed by atoms with E-state index in [1.165, 1.54) is 17.4 Å². The first-order chi connectivity index (χ1) is 13.7. The van der Waals surface area contributed by atoms with E-state index in [0.717, 1.165) is 15.6 Å². The van der Waals surface area contributed by atoms with Gasteiger partial charge in [-0.1, -0.05) is 30.3 Å². The number of sulfone groups is 1. The summed E-state index contributed by atoms with van der Waals surface area (Å²) in [6.07, 6.45) is 0. The number of fused-ring (bicyclic) bond motifs is 1. The van der Waals surface area contributed by atoms with Crippen molar-refractivity contribution in [3.05, 3.63) is 58.5 Å². The number of ether oxygens (including phenoxy) is 1. The molecule has 0 aliphatic rings. The van der Waals surface area contributed by atoms with E-state index in [1.54, 1.807) is 26.0 Å². The maximum absolute atomic E-state index is 12.7. The Morgan fingerprint density at radius 3 is 2.45 bits per heavy atom. The topological polar surface area (TPSA) is 89.5 Å². The van der Waals surface area contributed by atoms with Crippen molar-refractivity contribution in [2.24, 2.45) is 0 Å². The molecule has 0 unspecified atom stereocenters. The van der Waals surface area contributed by atoms with Crippen molar-refractivity contribution in [3.63, 3.8) is 0 Å². The smallest absolute Gasteiger partial charge is 0.341 e. The molecule has 0 spiro atoms. The predicted octanol–water partition coefficient (Wildman–Crippen LogP) is 4.11. The molecule has 0 bridgehead atoms. The molecule has 0 fully saturated rings. The summed E-state index contributed by atoms with van der Waals surface area (Å²) >= 11 is 1.22. The summed E-state index contributed by atoms with van der Waals surface area (Å²) in [5.74, 6) is -1.96. The van der Waals surface area contributed by atoms with Crippen LogP contribution in [0.15, 0.2) is 47.4 Å². The minimum Gasteiger partial charge on any atom is -0.462 e. The van der Waals surface area contributed by atoms with Gasteiger partial charge in [-0.05, 0) is 49.2 Å². The van der Waals surface area contributed by atoms with Gasteiger partial charge in [-0.15, -0.1) is 11.3 Å². The zero-order valence-corrected chi connectivity index (χ0v) is 17.9. The van der Waals surface area contributed by atoms with Gasteiger partial charge in [-0.2, -0.15) is 0 Å². The fraction of sp³-hybridized carbons (Fsp3) is 0.238. The molecule has 0 saturated carbocycles. The van der Waals surface area contributed by atoms with E-state index in [4.69, 9.17) is 4.74 Å². The van der Waals surface area contributed by atoms with Gasteiger partial charge in [0.15, 0.2) is 9.84 Å². The zero-order valence-electron chi connectivity index (χ0n) is 16.3. The molecule has 29 heavy (non-hydrogen) atoms. The third-order valence-electron chi connectivity index (χ3n) is 4.52. The van der Waals surface area contributed by atoms with Crippen LogP contribution in [-0.4, -0.2) is 32.7 Å². The van der Waals surface area contributed by atoms with Crippen LogP contribution in [0.3, 0.4) is 0 Å². The molecule has 1 N–H and O–H groups in total. The van der Waals surface area contributed by atoms with Gasteiger partial charge < -0.3 is 10.1 Å². The second-order valence-corrected chi connectivity index (χ2v) is 9.74. The summed E-state index contributed by atoms with van der Waals surface area (Å²) in [6.45, 7) is 5.49. The van der Waals surface area contributed by atoms with E-state index in [0.29, 0.717) is 10.6 Å². The molecule has 2 aromatic carbocycles. The van der Waals surface area contributed by atoms with E-state index in [2.05, 4.69) is 5.32 Å². The number of esters is 1. The SMILES string of the molecule is CCOC(=O)c1c(NC(=O)CS(=O)(=O)c2ccc3ccccc3c2)sc(C)c1C. The van der Waals surface area contributed by atoms with Crippen LogP contribution < -0.4 is 5.32 Å². The average Bonchev–Trinajstić information content (AvgIpc) is 2.94. The van der Waals surface area contributed by atoms with E-state index < -0.39 is 27.5 Å². The van der Waals surface area contributed by atoms with E-state index in [-0.39, 0.29) is 17.1 Å². The molecule has 6 nitrogen and oxygen atoms in total. The van der Waals surface area contributed by atoms with Gasteiger partial charge in [-0.3, -0.25) is 4.79 Å². The summed E-state index contributed by atoms with van der Waals surface area (Å²) in [4.78, 5) is 25.6. The first-order valence-electron chi connectivity index (χ1n) is 9.01. The summed E-state index contributed by atoms with van der Waals surface area (Å²) in [5, 5.41) is 4.57. The summed E-state index contributed by atoms with van der Waals surface area (Å²) < 4.78 is 30.5. The lowest BCUT2D eigenvalue weighted by Gasteiger charge is -2.08. The number of hydrogen-bond acceptors (Lipinski definition) is 6. The van der Waals surface area contributed by atoms with Crippen LogP contribution in [0.5, 0.6) is 0 Å². The van der Waals surface area contributed by atoms with Crippen LogP contribution in [0.4, 0.5) is 5.00 Å². The van der Waals surface area contributed by atoms with Crippen molar-refractivity contribution in [1.29, 1.82) is 0 Å². The summed E-state index contributed by atoms with van der Waals surface area (Å²) in [6, 6.07) is 12.2. The Balaban J connectivity index is 1.83. The number of amides is 1. The lowest BCUT2D eigenvalue weighted by molar-refractivity contribution is -0.113. The van der Waals surface area contributed by atoms with E-state index in [9.17, 15) is 18.0 Å². The van der Waals surface area contributed by atoms with Crippen LogP contribution in [-0.2, 0) is 19.4 Å². The van der Waals surface area contributed by atoms with Gasteiger partial charge in [0.2, 0.25) is 5.91 Å². The van der Waals surface area contributed by atoms with Gasteiger partial charge in [0.25, 0.3) is 0 Å². The van der Waals surface area contributed by atoms with Crippen LogP contribution in [0, 0.1) is 13.8 Å². The molecule has 8 heteroatoms. The van der Waals surface area contributed by atoms with E-state index >= 15 is 0 Å². The highest BCUT2D eigenvalue weighted by molar-refractivity contribution is 7.92. The van der Waals surface area contributed by atoms with Crippen molar-refractivity contribution in [3.8, 4) is 0 Å². The summed E-state index contributed by atoms with van der Waals surface area (Å²) in [5.41, 5.74) is 0.979. The molecule has 0 saturated heterocycles. The Morgan fingerprint density at radius 1 is 1.07 bits per heavy atom. The molecule has 0 atom stereocenters. The number of aryl methyl sites for hydroxylation is 1. The molecular formula is C21H21NO5S2. The van der Waals surface area contributed by atoms with Crippen LogP contribution in [0.1, 0.15) is 27.7 Å². The zero-order chi connectivity index (χ0) is 21.2. The number of hydrogen-bond donors (Lipinski definition) is 1. The first kappa shape index (κ1) is 21.0. The minimum absolute atomic E-state index is 0.0792. The Kier molecular flexibility index (Phi) is 6.04. The minimum atomic E-state index is -3.84. The van der Waals surface area contributed by atoms with Crippen molar-refractivity contribution in [2.45, 2.75) is 25.7 Å². The third-order valence-corrected chi connectivity index (χ3v) is 7.26. The Hall–Kier alpha value is -2.71. The second-order valence-electron chi connectivity index (χ2n) is 6.52. The van der Waals surface area contributed by atoms with Crippen molar-refractivity contribution < 1.29 is 22.7 Å². The number of thiophene rings is 1. The Labute approximate surface area is 173 Å². The quantitative estimate of drug-likeness (QED) is 0.594. The highest BCUT2D eigenvalue weighted by Gasteiger charge is 2.25. The van der Waals surface area contributed by atoms with Crippen molar-refractivity contribution in [2.75, 3.05) is 17.7 Å². The van der Waals surface area contributed by atoms with Crippen LogP contribution in [0.2, 0.25) is 0 Å². The number of anilines is 1. The van der Waals surface area contributed by atoms with Crippen molar-refractivity contribution >= 4 is 48.8 Å². The number of benzene rings is 2. The highest BCUT2D eigenvalue weighted by atomic mass is 32.2. The van der Waals surface area contributed by atoms with Gasteiger partial charge in [-0.25, -0.2) is 13.2 Å². The Morgan fingerprint density at radius 2 is 1.76 bits per heavy atom. The predicted molar refractivity (Wildman–Crippen MR) is 114 cm³/mol. The standard InChI is InChI=1S/C21H21NO5S2/c1-4-27-21(24)19-13(2)14(3)28-20(19)22-18(23)12-29(25,26)17-10-9-15-7-5-6-8-16(15)11-17/h5-11H,4,12H2,1-3H3,(H,22,23). The summed E-state index contributed by atoms with van der Waals surface area (Å²) in [7, 11) is -3.84. The molecule has 3 aromatic rings.